The Morgan fingerprint density at radius 3 is 2.54 bits per heavy atom. The molecule has 0 aromatic rings. The standard InChI is InChI=1S/C12H20O/c1-9-7-5-6-8-10(9)11(13)12(2,3)4/h7,10H,5-6,8H2,1-4H3. The average Bonchev–Trinajstić information content (AvgIpc) is 2.02. The van der Waals surface area contributed by atoms with Gasteiger partial charge in [0.2, 0.25) is 0 Å². The topological polar surface area (TPSA) is 17.1 Å². The minimum Gasteiger partial charge on any atom is -0.298 e. The summed E-state index contributed by atoms with van der Waals surface area (Å²) in [4.78, 5) is 12.0. The van der Waals surface area contributed by atoms with Crippen molar-refractivity contribution in [3.05, 3.63) is 11.6 Å². The van der Waals surface area contributed by atoms with Crippen LogP contribution >= 0.6 is 0 Å². The quantitative estimate of drug-likeness (QED) is 0.565. The molecule has 0 fully saturated rings. The maximum absolute atomic E-state index is 12.0. The Morgan fingerprint density at radius 1 is 1.46 bits per heavy atom. The molecule has 0 saturated heterocycles. The van der Waals surface area contributed by atoms with E-state index >= 15 is 0 Å². The maximum atomic E-state index is 12.0. The van der Waals surface area contributed by atoms with Crippen molar-refractivity contribution in [2.75, 3.05) is 0 Å². The van der Waals surface area contributed by atoms with Crippen LogP contribution in [0.2, 0.25) is 0 Å². The molecule has 0 bridgehead atoms. The number of rotatable bonds is 1. The molecule has 1 heteroatoms. The SMILES string of the molecule is CC1=CCCCC1C(=O)C(C)(C)C. The van der Waals surface area contributed by atoms with Gasteiger partial charge in [0.1, 0.15) is 5.78 Å². The van der Waals surface area contributed by atoms with Crippen molar-refractivity contribution in [3.63, 3.8) is 0 Å². The summed E-state index contributed by atoms with van der Waals surface area (Å²) in [5.41, 5.74) is 1.10. The Hall–Kier alpha value is -0.590. The van der Waals surface area contributed by atoms with Gasteiger partial charge < -0.3 is 0 Å². The molecule has 1 unspecified atom stereocenters. The minimum atomic E-state index is -0.183. The van der Waals surface area contributed by atoms with Crippen LogP contribution in [-0.4, -0.2) is 5.78 Å². The van der Waals surface area contributed by atoms with Crippen LogP contribution < -0.4 is 0 Å². The lowest BCUT2D eigenvalue weighted by molar-refractivity contribution is -0.129. The second kappa shape index (κ2) is 3.65. The summed E-state index contributed by atoms with van der Waals surface area (Å²) in [6, 6.07) is 0. The normalized spacial score (nSPS) is 24.0. The lowest BCUT2D eigenvalue weighted by Gasteiger charge is -2.27. The van der Waals surface area contributed by atoms with Gasteiger partial charge in [-0.1, -0.05) is 32.4 Å². The minimum absolute atomic E-state index is 0.183. The number of hydrogen-bond donors (Lipinski definition) is 0. The molecule has 13 heavy (non-hydrogen) atoms. The lowest BCUT2D eigenvalue weighted by atomic mass is 9.76. The maximum Gasteiger partial charge on any atom is 0.145 e. The molecule has 0 N–H and O–H groups in total. The molecule has 0 amide bonds. The van der Waals surface area contributed by atoms with E-state index < -0.39 is 0 Å². The molecule has 1 rings (SSSR count). The van der Waals surface area contributed by atoms with Crippen molar-refractivity contribution in [1.82, 2.24) is 0 Å². The molecular formula is C12H20O. The van der Waals surface area contributed by atoms with Gasteiger partial charge in [-0.15, -0.1) is 0 Å². The average molecular weight is 180 g/mol. The van der Waals surface area contributed by atoms with E-state index in [-0.39, 0.29) is 11.3 Å². The van der Waals surface area contributed by atoms with Crippen LogP contribution in [0.1, 0.15) is 47.0 Å². The first kappa shape index (κ1) is 10.5. The summed E-state index contributed by atoms with van der Waals surface area (Å²) in [5.74, 6) is 0.606. The van der Waals surface area contributed by atoms with E-state index in [0.29, 0.717) is 5.78 Å². The molecular weight excluding hydrogens is 160 g/mol. The second-order valence-electron chi connectivity index (χ2n) is 5.05. The summed E-state index contributed by atoms with van der Waals surface area (Å²) < 4.78 is 0. The predicted molar refractivity (Wildman–Crippen MR) is 55.6 cm³/mol. The number of allylic oxidation sites excluding steroid dienone is 2. The largest absolute Gasteiger partial charge is 0.298 e. The van der Waals surface area contributed by atoms with Crippen molar-refractivity contribution in [1.29, 1.82) is 0 Å². The van der Waals surface area contributed by atoms with Crippen LogP contribution in [0.15, 0.2) is 11.6 Å². The highest BCUT2D eigenvalue weighted by molar-refractivity contribution is 5.88. The number of Topliss-reactive ketones (excluding diaryl/α,β-unsaturated/α-hetero) is 1. The zero-order chi connectivity index (χ0) is 10.1. The van der Waals surface area contributed by atoms with E-state index in [1.807, 2.05) is 20.8 Å². The fourth-order valence-electron chi connectivity index (χ4n) is 1.88. The number of hydrogen-bond acceptors (Lipinski definition) is 1. The lowest BCUT2D eigenvalue weighted by Crippen LogP contribution is -2.30. The van der Waals surface area contributed by atoms with Crippen LogP contribution in [0.5, 0.6) is 0 Å². The van der Waals surface area contributed by atoms with Gasteiger partial charge in [0, 0.05) is 11.3 Å². The molecule has 0 radical (unpaired) electrons. The van der Waals surface area contributed by atoms with Crippen molar-refractivity contribution in [3.8, 4) is 0 Å². The fraction of sp³-hybridized carbons (Fsp3) is 0.750. The molecule has 1 nitrogen and oxygen atoms in total. The molecule has 0 saturated carbocycles. The van der Waals surface area contributed by atoms with Crippen molar-refractivity contribution >= 4 is 5.78 Å². The molecule has 1 aliphatic carbocycles. The zero-order valence-corrected chi connectivity index (χ0v) is 9.18. The van der Waals surface area contributed by atoms with Crippen LogP contribution in [0.4, 0.5) is 0 Å². The van der Waals surface area contributed by atoms with E-state index in [9.17, 15) is 4.79 Å². The van der Waals surface area contributed by atoms with Crippen LogP contribution in [0.25, 0.3) is 0 Å². The number of carbonyl (C=O) groups is 1. The Balaban J connectivity index is 2.77. The summed E-state index contributed by atoms with van der Waals surface area (Å²) in [7, 11) is 0. The van der Waals surface area contributed by atoms with E-state index in [2.05, 4.69) is 13.0 Å². The monoisotopic (exact) mass is 180 g/mol. The Labute approximate surface area is 81.2 Å². The van der Waals surface area contributed by atoms with Gasteiger partial charge in [-0.05, 0) is 26.2 Å². The van der Waals surface area contributed by atoms with Gasteiger partial charge in [-0.2, -0.15) is 0 Å². The molecule has 74 valence electrons. The predicted octanol–water partition coefficient (Wildman–Crippen LogP) is 3.35. The summed E-state index contributed by atoms with van der Waals surface area (Å²) >= 11 is 0. The van der Waals surface area contributed by atoms with Crippen molar-refractivity contribution < 1.29 is 4.79 Å². The highest BCUT2D eigenvalue weighted by Gasteiger charge is 2.30. The molecule has 0 spiro atoms. The highest BCUT2D eigenvalue weighted by Crippen LogP contribution is 2.31. The van der Waals surface area contributed by atoms with Crippen molar-refractivity contribution in [2.45, 2.75) is 47.0 Å². The van der Waals surface area contributed by atoms with Crippen LogP contribution in [0, 0.1) is 11.3 Å². The molecule has 0 aromatic carbocycles. The van der Waals surface area contributed by atoms with Crippen molar-refractivity contribution in [2.24, 2.45) is 11.3 Å². The van der Waals surface area contributed by atoms with E-state index in [1.54, 1.807) is 0 Å². The number of carbonyl (C=O) groups excluding carboxylic acids is 1. The molecule has 1 atom stereocenters. The van der Waals surface area contributed by atoms with E-state index in [4.69, 9.17) is 0 Å². The Kier molecular flexibility index (Phi) is 2.94. The van der Waals surface area contributed by atoms with Crippen LogP contribution in [-0.2, 0) is 4.79 Å². The van der Waals surface area contributed by atoms with E-state index in [1.165, 1.54) is 12.0 Å². The second-order valence-corrected chi connectivity index (χ2v) is 5.05. The fourth-order valence-corrected chi connectivity index (χ4v) is 1.88. The summed E-state index contributed by atoms with van der Waals surface area (Å²) in [6.45, 7) is 8.12. The first-order valence-corrected chi connectivity index (χ1v) is 5.14. The molecule has 0 aliphatic heterocycles. The van der Waals surface area contributed by atoms with Gasteiger partial charge in [0.15, 0.2) is 0 Å². The molecule has 0 aromatic heterocycles. The van der Waals surface area contributed by atoms with Gasteiger partial charge in [-0.25, -0.2) is 0 Å². The zero-order valence-electron chi connectivity index (χ0n) is 9.18. The Bertz CT molecular complexity index is 230. The van der Waals surface area contributed by atoms with Gasteiger partial charge >= 0.3 is 0 Å². The first-order valence-electron chi connectivity index (χ1n) is 5.14. The van der Waals surface area contributed by atoms with E-state index in [0.717, 1.165) is 12.8 Å². The smallest absolute Gasteiger partial charge is 0.145 e. The van der Waals surface area contributed by atoms with Gasteiger partial charge in [-0.3, -0.25) is 4.79 Å². The summed E-state index contributed by atoms with van der Waals surface area (Å²) in [5, 5.41) is 0. The van der Waals surface area contributed by atoms with Gasteiger partial charge in [0.05, 0.1) is 0 Å². The highest BCUT2D eigenvalue weighted by atomic mass is 16.1. The van der Waals surface area contributed by atoms with Crippen LogP contribution in [0.3, 0.4) is 0 Å². The Morgan fingerprint density at radius 2 is 2.08 bits per heavy atom. The molecule has 0 heterocycles. The first-order chi connectivity index (χ1) is 5.93. The number of ketones is 1. The summed E-state index contributed by atoms with van der Waals surface area (Å²) in [6.07, 6.45) is 5.60. The van der Waals surface area contributed by atoms with Gasteiger partial charge in [0.25, 0.3) is 0 Å². The third kappa shape index (κ3) is 2.43. The third-order valence-electron chi connectivity index (χ3n) is 2.77. The third-order valence-corrected chi connectivity index (χ3v) is 2.77. The molecule has 1 aliphatic rings.